The molecule has 1 amide bonds. The number of anilines is 1. The molecule has 1 aromatic heterocycles. The molecule has 2 aromatic carbocycles. The smallest absolute Gasteiger partial charge is 0.264 e. The minimum atomic E-state index is -3.92. The van der Waals surface area contributed by atoms with Crippen molar-refractivity contribution in [1.82, 2.24) is 10.3 Å². The van der Waals surface area contributed by atoms with Gasteiger partial charge in [-0.2, -0.15) is 0 Å². The standard InChI is InChI=1S/C26H32N4O5S/c1-18-5-6-20(15-19(18)2)29(3)36(33,34)21-7-8-24-22(16-21)25(31)23(17-28-24)26(32)27-9-4-10-30-11-13-35-14-12-30/h5-8,15-17H,4,9-14H2,1-3H3,(H,27,32)(H,28,31)/p+1. The third-order valence-electron chi connectivity index (χ3n) is 6.80. The van der Waals surface area contributed by atoms with Gasteiger partial charge in [0.15, 0.2) is 0 Å². The van der Waals surface area contributed by atoms with Gasteiger partial charge in [-0.15, -0.1) is 0 Å². The van der Waals surface area contributed by atoms with Gasteiger partial charge in [-0.05, 0) is 55.3 Å². The van der Waals surface area contributed by atoms with Crippen LogP contribution in [-0.4, -0.2) is 65.7 Å². The van der Waals surface area contributed by atoms with Gasteiger partial charge in [0.25, 0.3) is 15.9 Å². The highest BCUT2D eigenvalue weighted by Crippen LogP contribution is 2.25. The summed E-state index contributed by atoms with van der Waals surface area (Å²) in [6.07, 6.45) is 2.17. The number of H-pyrrole nitrogens is 1. The molecule has 0 bridgehead atoms. The quantitative estimate of drug-likeness (QED) is 0.389. The van der Waals surface area contributed by atoms with Crippen LogP contribution in [0.15, 0.2) is 52.3 Å². The van der Waals surface area contributed by atoms with Crippen molar-refractivity contribution < 1.29 is 22.8 Å². The van der Waals surface area contributed by atoms with Crippen molar-refractivity contribution in [3.8, 4) is 0 Å². The minimum absolute atomic E-state index is 0.0210. The monoisotopic (exact) mass is 513 g/mol. The Labute approximate surface area is 211 Å². The first-order chi connectivity index (χ1) is 17.2. The van der Waals surface area contributed by atoms with E-state index in [0.717, 1.165) is 50.4 Å². The predicted molar refractivity (Wildman–Crippen MR) is 139 cm³/mol. The number of carbonyl (C=O) groups excluding carboxylic acids is 1. The number of carbonyl (C=O) groups is 1. The number of quaternary nitrogens is 1. The fourth-order valence-electron chi connectivity index (χ4n) is 4.29. The van der Waals surface area contributed by atoms with Crippen molar-refractivity contribution >= 4 is 32.5 Å². The topological polar surface area (TPSA) is 113 Å². The van der Waals surface area contributed by atoms with E-state index in [1.807, 2.05) is 26.0 Å². The lowest BCUT2D eigenvalue weighted by atomic mass is 10.1. The Bertz CT molecular complexity index is 1430. The second-order valence-corrected chi connectivity index (χ2v) is 11.2. The highest BCUT2D eigenvalue weighted by atomic mass is 32.2. The fraction of sp³-hybridized carbons (Fsp3) is 0.385. The maximum absolute atomic E-state index is 13.3. The number of rotatable bonds is 8. The van der Waals surface area contributed by atoms with E-state index in [1.165, 1.54) is 34.6 Å². The van der Waals surface area contributed by atoms with E-state index in [1.54, 1.807) is 12.1 Å². The van der Waals surface area contributed by atoms with Crippen LogP contribution in [0.5, 0.6) is 0 Å². The number of hydrogen-bond donors (Lipinski definition) is 3. The van der Waals surface area contributed by atoms with Crippen LogP contribution in [-0.2, 0) is 14.8 Å². The summed E-state index contributed by atoms with van der Waals surface area (Å²) in [5.74, 6) is -0.476. The molecule has 192 valence electrons. The van der Waals surface area contributed by atoms with E-state index in [-0.39, 0.29) is 15.8 Å². The second kappa shape index (κ2) is 10.8. The first-order valence-electron chi connectivity index (χ1n) is 12.1. The highest BCUT2D eigenvalue weighted by molar-refractivity contribution is 7.92. The molecule has 0 atom stereocenters. The minimum Gasteiger partial charge on any atom is -0.370 e. The molecule has 9 nitrogen and oxygen atoms in total. The number of fused-ring (bicyclic) bond motifs is 1. The number of pyridine rings is 1. The summed E-state index contributed by atoms with van der Waals surface area (Å²) in [5, 5.41) is 2.96. The zero-order valence-electron chi connectivity index (χ0n) is 20.9. The van der Waals surface area contributed by atoms with Crippen LogP contribution < -0.4 is 20.0 Å². The summed E-state index contributed by atoms with van der Waals surface area (Å²) >= 11 is 0. The SMILES string of the molecule is Cc1ccc(N(C)S(=O)(=O)c2ccc3[nH]cc(C(=O)NCCC[NH+]4CCOCC4)c(=O)c3c2)cc1C. The van der Waals surface area contributed by atoms with Crippen molar-refractivity contribution in [2.24, 2.45) is 0 Å². The maximum Gasteiger partial charge on any atom is 0.264 e. The number of nitrogens with one attached hydrogen (secondary N) is 3. The number of amides is 1. The first kappa shape index (κ1) is 25.9. The number of nitrogens with zero attached hydrogens (tertiary/aromatic N) is 1. The highest BCUT2D eigenvalue weighted by Gasteiger charge is 2.23. The Morgan fingerprint density at radius 1 is 1.11 bits per heavy atom. The number of morpholine rings is 1. The van der Waals surface area contributed by atoms with E-state index >= 15 is 0 Å². The van der Waals surface area contributed by atoms with Gasteiger partial charge in [-0.1, -0.05) is 6.07 Å². The molecule has 0 unspecified atom stereocenters. The molecule has 0 spiro atoms. The van der Waals surface area contributed by atoms with E-state index in [9.17, 15) is 18.0 Å². The summed E-state index contributed by atoms with van der Waals surface area (Å²) in [4.78, 5) is 30.2. The summed E-state index contributed by atoms with van der Waals surface area (Å²) in [7, 11) is -2.44. The van der Waals surface area contributed by atoms with Crippen LogP contribution >= 0.6 is 0 Å². The van der Waals surface area contributed by atoms with E-state index in [0.29, 0.717) is 17.7 Å². The average molecular weight is 514 g/mol. The molecule has 0 aliphatic carbocycles. The van der Waals surface area contributed by atoms with Crippen molar-refractivity contribution in [2.45, 2.75) is 25.2 Å². The van der Waals surface area contributed by atoms with Gasteiger partial charge in [0, 0.05) is 37.1 Å². The van der Waals surface area contributed by atoms with Gasteiger partial charge in [0.05, 0.1) is 30.3 Å². The van der Waals surface area contributed by atoms with Gasteiger partial charge in [-0.25, -0.2) is 8.42 Å². The number of benzene rings is 2. The lowest BCUT2D eigenvalue weighted by molar-refractivity contribution is -0.908. The number of aromatic nitrogens is 1. The largest absolute Gasteiger partial charge is 0.370 e. The molecule has 0 radical (unpaired) electrons. The van der Waals surface area contributed by atoms with Gasteiger partial charge in [0.2, 0.25) is 5.43 Å². The zero-order chi connectivity index (χ0) is 25.9. The molecule has 0 saturated carbocycles. The Morgan fingerprint density at radius 2 is 1.86 bits per heavy atom. The van der Waals surface area contributed by atoms with Crippen molar-refractivity contribution in [3.63, 3.8) is 0 Å². The normalized spacial score (nSPS) is 14.6. The van der Waals surface area contributed by atoms with Crippen molar-refractivity contribution in [1.29, 1.82) is 0 Å². The number of hydrogen-bond acceptors (Lipinski definition) is 5. The molecule has 3 aromatic rings. The molecular weight excluding hydrogens is 480 g/mol. The number of ether oxygens (including phenoxy) is 1. The Kier molecular flexibility index (Phi) is 7.77. The molecule has 1 saturated heterocycles. The summed E-state index contributed by atoms with van der Waals surface area (Å²) < 4.78 is 33.2. The molecule has 10 heteroatoms. The third kappa shape index (κ3) is 5.45. The summed E-state index contributed by atoms with van der Waals surface area (Å²) in [6, 6.07) is 9.76. The number of aromatic amines is 1. The van der Waals surface area contributed by atoms with Crippen LogP contribution in [0.1, 0.15) is 27.9 Å². The van der Waals surface area contributed by atoms with E-state index in [2.05, 4.69) is 10.3 Å². The van der Waals surface area contributed by atoms with Crippen LogP contribution in [0.2, 0.25) is 0 Å². The van der Waals surface area contributed by atoms with Gasteiger partial charge in [0.1, 0.15) is 18.7 Å². The Morgan fingerprint density at radius 3 is 2.58 bits per heavy atom. The number of aryl methyl sites for hydroxylation is 2. The molecule has 1 aliphatic heterocycles. The van der Waals surface area contributed by atoms with Crippen LogP contribution in [0.25, 0.3) is 10.9 Å². The second-order valence-electron chi connectivity index (χ2n) is 9.20. The average Bonchev–Trinajstić information content (AvgIpc) is 2.88. The molecule has 1 aliphatic rings. The first-order valence-corrected chi connectivity index (χ1v) is 13.5. The van der Waals surface area contributed by atoms with E-state index in [4.69, 9.17) is 4.74 Å². The molecule has 2 heterocycles. The number of sulfonamides is 1. The molecule has 3 N–H and O–H groups in total. The van der Waals surface area contributed by atoms with Crippen LogP contribution in [0.3, 0.4) is 0 Å². The van der Waals surface area contributed by atoms with Gasteiger partial charge >= 0.3 is 0 Å². The third-order valence-corrected chi connectivity index (χ3v) is 8.58. The van der Waals surface area contributed by atoms with Gasteiger partial charge in [-0.3, -0.25) is 13.9 Å². The van der Waals surface area contributed by atoms with Crippen molar-refractivity contribution in [2.75, 3.05) is 50.7 Å². The van der Waals surface area contributed by atoms with E-state index < -0.39 is 21.4 Å². The van der Waals surface area contributed by atoms with Gasteiger partial charge < -0.3 is 19.9 Å². The maximum atomic E-state index is 13.3. The molecular formula is C26H33N4O5S+. The summed E-state index contributed by atoms with van der Waals surface area (Å²) in [5.41, 5.74) is 2.48. The Balaban J connectivity index is 1.52. The molecule has 4 rings (SSSR count). The van der Waals surface area contributed by atoms with Crippen LogP contribution in [0, 0.1) is 13.8 Å². The predicted octanol–water partition coefficient (Wildman–Crippen LogP) is 1.01. The fourth-order valence-corrected chi connectivity index (χ4v) is 5.50. The summed E-state index contributed by atoms with van der Waals surface area (Å²) in [6.45, 7) is 8.69. The molecule has 1 fully saturated rings. The lowest BCUT2D eigenvalue weighted by Crippen LogP contribution is -3.14. The van der Waals surface area contributed by atoms with Crippen LogP contribution in [0.4, 0.5) is 5.69 Å². The Hall–Kier alpha value is -3.21. The lowest BCUT2D eigenvalue weighted by Gasteiger charge is -2.23. The molecule has 36 heavy (non-hydrogen) atoms. The zero-order valence-corrected chi connectivity index (χ0v) is 21.7. The van der Waals surface area contributed by atoms with Crippen molar-refractivity contribution in [3.05, 3.63) is 69.5 Å².